The van der Waals surface area contributed by atoms with Crippen LogP contribution in [0.4, 0.5) is 26.3 Å². The Balaban J connectivity index is 0. The van der Waals surface area contributed by atoms with Crippen molar-refractivity contribution in [2.75, 3.05) is 6.93 Å². The highest BCUT2D eigenvalue weighted by atomic mass is 35.5. The molecule has 0 fully saturated rings. The molecular weight excluding hydrogens is 221 g/mol. The smallest absolute Gasteiger partial charge is 0.214 e. The highest BCUT2D eigenvalue weighted by Gasteiger charge is 2.53. The molecule has 0 saturated carbocycles. The van der Waals surface area contributed by atoms with Gasteiger partial charge in [0.15, 0.2) is 0 Å². The van der Waals surface area contributed by atoms with Crippen LogP contribution in [-0.2, 0) is 0 Å². The van der Waals surface area contributed by atoms with Crippen LogP contribution in [0.5, 0.6) is 0 Å². The van der Waals surface area contributed by atoms with E-state index >= 15 is 0 Å². The molecule has 0 bridgehead atoms. The molecule has 0 aromatic heterocycles. The van der Waals surface area contributed by atoms with E-state index in [0.717, 1.165) is 0 Å². The van der Waals surface area contributed by atoms with Gasteiger partial charge in [0, 0.05) is 0 Å². The highest BCUT2D eigenvalue weighted by molar-refractivity contribution is 6.47. The fourth-order valence-electron chi connectivity index (χ4n) is 0. The summed E-state index contributed by atoms with van der Waals surface area (Å²) in [6, 6.07) is 0. The Kier molecular flexibility index (Phi) is 6.14. The van der Waals surface area contributed by atoms with Gasteiger partial charge in [-0.15, -0.1) is 0 Å². The summed E-state index contributed by atoms with van der Waals surface area (Å²) in [6.07, 6.45) is -5.20. The Labute approximate surface area is 68.1 Å². The van der Waals surface area contributed by atoms with Gasteiger partial charge in [0.25, 0.3) is 0 Å². The number of alkyl halides is 8. The first kappa shape index (κ1) is 13.7. The van der Waals surface area contributed by atoms with Crippen molar-refractivity contribution in [3.63, 3.8) is 0 Å². The summed E-state index contributed by atoms with van der Waals surface area (Å²) in [4.78, 5) is 0. The summed E-state index contributed by atoms with van der Waals surface area (Å²) in [5, 5.41) is 0. The second-order valence-corrected chi connectivity index (χ2v) is 2.33. The van der Waals surface area contributed by atoms with E-state index in [0.29, 0.717) is 0 Å². The van der Waals surface area contributed by atoms with Crippen molar-refractivity contribution in [1.29, 1.82) is 0 Å². The van der Waals surface area contributed by atoms with E-state index in [4.69, 9.17) is 0 Å². The molecule has 0 saturated heterocycles. The lowest BCUT2D eigenvalue weighted by Crippen LogP contribution is -2.28. The van der Waals surface area contributed by atoms with Gasteiger partial charge in [0.1, 0.15) is 0 Å². The van der Waals surface area contributed by atoms with Crippen LogP contribution in [-0.4, -0.2) is 17.7 Å². The summed E-state index contributed by atoms with van der Waals surface area (Å²) in [5.41, 5.74) is 0. The van der Waals surface area contributed by atoms with Crippen LogP contribution in [0.1, 0.15) is 0 Å². The van der Waals surface area contributed by atoms with E-state index < -0.39 is 17.7 Å². The zero-order valence-corrected chi connectivity index (χ0v) is 6.24. The maximum absolute atomic E-state index is 11.3. The maximum atomic E-state index is 11.3. The summed E-state index contributed by atoms with van der Waals surface area (Å²) in [5.74, 6) is 0. The highest BCUT2D eigenvalue weighted by Crippen LogP contribution is 2.40. The molecule has 0 aromatic carbocycles. The van der Waals surface area contributed by atoms with Crippen molar-refractivity contribution in [3.8, 4) is 0 Å². The average molecular weight is 223 g/mol. The van der Waals surface area contributed by atoms with E-state index in [9.17, 15) is 26.3 Å². The van der Waals surface area contributed by atoms with E-state index in [-0.39, 0.29) is 0 Å². The molecule has 0 amide bonds. The number of hydrogen-bond donors (Lipinski definition) is 0. The molecule has 0 radical (unpaired) electrons. The second kappa shape index (κ2) is 4.92. The third-order valence-corrected chi connectivity index (χ3v) is 0.750. The van der Waals surface area contributed by atoms with Crippen molar-refractivity contribution in [1.82, 2.24) is 0 Å². The van der Waals surface area contributed by atoms with Crippen LogP contribution in [0.25, 0.3) is 0 Å². The molecule has 0 aliphatic rings. The zero-order chi connectivity index (χ0) is 9.71. The van der Waals surface area contributed by atoms with Crippen LogP contribution in [0.15, 0.2) is 0 Å². The van der Waals surface area contributed by atoms with Crippen molar-refractivity contribution in [2.45, 2.75) is 10.8 Å². The van der Waals surface area contributed by atoms with E-state index in [1.807, 2.05) is 0 Å². The molecule has 0 N–H and O–H groups in total. The van der Waals surface area contributed by atoms with E-state index in [2.05, 4.69) is 23.2 Å². The lowest BCUT2D eigenvalue weighted by Gasteiger charge is -2.11. The van der Waals surface area contributed by atoms with Crippen molar-refractivity contribution in [3.05, 3.63) is 0 Å². The van der Waals surface area contributed by atoms with Crippen LogP contribution in [0.3, 0.4) is 0 Å². The Hall–Kier alpha value is 0.160. The van der Waals surface area contributed by atoms with Gasteiger partial charge in [0.2, 0.25) is 6.93 Å². The number of rotatable bonds is 0. The van der Waals surface area contributed by atoms with Crippen LogP contribution < -0.4 is 0 Å². The summed E-state index contributed by atoms with van der Waals surface area (Å²) < 4.78 is 59.2. The van der Waals surface area contributed by atoms with Crippen molar-refractivity contribution >= 4 is 23.2 Å². The quantitative estimate of drug-likeness (QED) is 0.435. The minimum absolute atomic E-state index is 1.75. The monoisotopic (exact) mass is 222 g/mol. The fourth-order valence-corrected chi connectivity index (χ4v) is 0. The van der Waals surface area contributed by atoms with E-state index in [1.165, 1.54) is 0 Å². The molecule has 0 aliphatic carbocycles. The topological polar surface area (TPSA) is 0 Å². The Morgan fingerprint density at radius 1 is 0.909 bits per heavy atom. The van der Waals surface area contributed by atoms with Gasteiger partial charge in [-0.1, -0.05) is 23.2 Å². The van der Waals surface area contributed by atoms with Crippen LogP contribution in [0, 0.1) is 0 Å². The lowest BCUT2D eigenvalue weighted by atomic mass is 10.7. The third kappa shape index (κ3) is 8.06. The average Bonchev–Trinajstić information content (AvgIpc) is 1.60. The predicted molar refractivity (Wildman–Crippen MR) is 28.7 cm³/mol. The normalized spacial score (nSPS) is 12.0. The molecule has 0 aromatic rings. The first-order valence-electron chi connectivity index (χ1n) is 1.92. The molecule has 0 spiro atoms. The van der Waals surface area contributed by atoms with Crippen molar-refractivity contribution < 1.29 is 26.3 Å². The number of halogens is 8. The lowest BCUT2D eigenvalue weighted by molar-refractivity contribution is -0.170. The molecule has 11 heavy (non-hydrogen) atoms. The molecular formula is C3H2Cl2F6. The van der Waals surface area contributed by atoms with Gasteiger partial charge < -0.3 is 0 Å². The SMILES string of the molecule is FC(F)(F)C(F)(Cl)Cl.FCF. The van der Waals surface area contributed by atoms with Gasteiger partial charge in [-0.2, -0.15) is 17.6 Å². The molecule has 0 nitrogen and oxygen atoms in total. The van der Waals surface area contributed by atoms with Gasteiger partial charge in [-0.3, -0.25) is 0 Å². The van der Waals surface area contributed by atoms with Gasteiger partial charge in [0.05, 0.1) is 0 Å². The first-order chi connectivity index (χ1) is 4.66. The summed E-state index contributed by atoms with van der Waals surface area (Å²) in [7, 11) is 0. The van der Waals surface area contributed by atoms with Gasteiger partial charge >= 0.3 is 10.8 Å². The fraction of sp³-hybridized carbons (Fsp3) is 1.00. The standard InChI is InChI=1S/C2Cl2F4.CH2F2/c3-1(4,5)2(6,7)8;2-1-3/h;1H2. The molecule has 0 rings (SSSR count). The minimum atomic E-state index is -5.20. The minimum Gasteiger partial charge on any atom is -0.214 e. The largest absolute Gasteiger partial charge is 0.452 e. The molecule has 0 aliphatic heterocycles. The summed E-state index contributed by atoms with van der Waals surface area (Å²) >= 11 is 7.97. The molecule has 70 valence electrons. The molecule has 8 heteroatoms. The maximum Gasteiger partial charge on any atom is 0.452 e. The zero-order valence-electron chi connectivity index (χ0n) is 4.73. The van der Waals surface area contributed by atoms with Crippen LogP contribution in [0.2, 0.25) is 0 Å². The Morgan fingerprint density at radius 3 is 1.00 bits per heavy atom. The number of hydrogen-bond acceptors (Lipinski definition) is 0. The van der Waals surface area contributed by atoms with Gasteiger partial charge in [-0.25, -0.2) is 8.78 Å². The second-order valence-electron chi connectivity index (χ2n) is 1.10. The Bertz CT molecular complexity index is 81.0. The van der Waals surface area contributed by atoms with Gasteiger partial charge in [-0.05, 0) is 0 Å². The third-order valence-electron chi connectivity index (χ3n) is 0.321. The predicted octanol–water partition coefficient (Wildman–Crippen LogP) is 3.53. The molecule has 0 heterocycles. The summed E-state index contributed by atoms with van der Waals surface area (Å²) in [6.45, 7) is -1.75. The van der Waals surface area contributed by atoms with Crippen LogP contribution >= 0.6 is 23.2 Å². The molecule has 0 unspecified atom stereocenters. The van der Waals surface area contributed by atoms with Crippen molar-refractivity contribution in [2.24, 2.45) is 0 Å². The van der Waals surface area contributed by atoms with E-state index in [1.54, 1.807) is 0 Å². The first-order valence-corrected chi connectivity index (χ1v) is 2.67. The molecule has 0 atom stereocenters. The Morgan fingerprint density at radius 2 is 1.00 bits per heavy atom.